The lowest BCUT2D eigenvalue weighted by atomic mass is 9.81. The van der Waals surface area contributed by atoms with Gasteiger partial charge in [0.1, 0.15) is 12.6 Å². The summed E-state index contributed by atoms with van der Waals surface area (Å²) >= 11 is 0. The fourth-order valence-corrected chi connectivity index (χ4v) is 4.46. The fraction of sp³-hybridized carbons (Fsp3) is 0.400. The van der Waals surface area contributed by atoms with Gasteiger partial charge in [0.15, 0.2) is 23.0 Å². The van der Waals surface area contributed by atoms with Crippen LogP contribution < -0.4 is 9.47 Å². The first-order valence-electron chi connectivity index (χ1n) is 8.58. The van der Waals surface area contributed by atoms with E-state index in [2.05, 4.69) is 13.1 Å². The summed E-state index contributed by atoms with van der Waals surface area (Å²) in [6.07, 6.45) is 1.77. The van der Waals surface area contributed by atoms with Crippen LogP contribution in [0.2, 0.25) is 0 Å². The molecule has 132 valence electrons. The third kappa shape index (κ3) is 2.34. The first-order chi connectivity index (χ1) is 12.0. The smallest absolute Gasteiger partial charge is 0.166 e. The predicted molar refractivity (Wildman–Crippen MR) is 94.2 cm³/mol. The van der Waals surface area contributed by atoms with Crippen molar-refractivity contribution in [2.24, 2.45) is 0 Å². The summed E-state index contributed by atoms with van der Waals surface area (Å²) in [5.41, 5.74) is 4.57. The number of quaternary nitrogens is 1. The van der Waals surface area contributed by atoms with Crippen LogP contribution in [0.1, 0.15) is 28.3 Å². The number of aromatic hydroxyl groups is 2. The van der Waals surface area contributed by atoms with Crippen LogP contribution in [0.25, 0.3) is 0 Å². The lowest BCUT2D eigenvalue weighted by Gasteiger charge is -2.49. The van der Waals surface area contributed by atoms with Gasteiger partial charge in [-0.1, -0.05) is 6.07 Å². The second kappa shape index (κ2) is 5.56. The zero-order chi connectivity index (χ0) is 17.8. The maximum absolute atomic E-state index is 10.6. The molecule has 2 aromatic rings. The van der Waals surface area contributed by atoms with Crippen molar-refractivity contribution in [1.29, 1.82) is 0 Å². The van der Waals surface area contributed by atoms with Gasteiger partial charge in [-0.25, -0.2) is 0 Å². The molecule has 0 aliphatic carbocycles. The molecule has 4 rings (SSSR count). The quantitative estimate of drug-likeness (QED) is 0.824. The highest BCUT2D eigenvalue weighted by Gasteiger charge is 2.44. The minimum absolute atomic E-state index is 0.193. The fourth-order valence-electron chi connectivity index (χ4n) is 4.46. The lowest BCUT2D eigenvalue weighted by Crippen LogP contribution is -2.53. The SMILES string of the molecule is COc1cc2c(cc1O)[C@@H]1Cc3ccc(OC)c(O)c3C[N+]1(C)CC2. The number of hydrogen-bond donors (Lipinski definition) is 2. The molecular formula is C20H24NO4+. The Morgan fingerprint density at radius 2 is 1.80 bits per heavy atom. The Morgan fingerprint density at radius 1 is 1.04 bits per heavy atom. The Balaban J connectivity index is 1.82. The van der Waals surface area contributed by atoms with Crippen molar-refractivity contribution in [3.8, 4) is 23.0 Å². The van der Waals surface area contributed by atoms with E-state index in [4.69, 9.17) is 9.47 Å². The van der Waals surface area contributed by atoms with Crippen molar-refractivity contribution in [3.05, 3.63) is 46.5 Å². The van der Waals surface area contributed by atoms with Crippen LogP contribution in [0.4, 0.5) is 0 Å². The van der Waals surface area contributed by atoms with E-state index >= 15 is 0 Å². The number of ether oxygens (including phenoxy) is 2. The van der Waals surface area contributed by atoms with Crippen LogP contribution in [0.3, 0.4) is 0 Å². The number of rotatable bonds is 2. The molecule has 2 aliphatic heterocycles. The lowest BCUT2D eigenvalue weighted by molar-refractivity contribution is -0.956. The molecule has 0 bridgehead atoms. The molecule has 0 radical (unpaired) electrons. The number of benzene rings is 2. The molecule has 0 aromatic heterocycles. The summed E-state index contributed by atoms with van der Waals surface area (Å²) in [5, 5.41) is 20.8. The van der Waals surface area contributed by atoms with Crippen molar-refractivity contribution in [3.63, 3.8) is 0 Å². The summed E-state index contributed by atoms with van der Waals surface area (Å²) in [6, 6.07) is 7.98. The Hall–Kier alpha value is -2.40. The molecule has 2 aliphatic rings. The minimum atomic E-state index is 0.193. The Bertz CT molecular complexity index is 848. The molecule has 2 atom stereocenters. The van der Waals surface area contributed by atoms with E-state index in [0.717, 1.165) is 41.5 Å². The van der Waals surface area contributed by atoms with Crippen molar-refractivity contribution >= 4 is 0 Å². The second-order valence-electron chi connectivity index (χ2n) is 7.31. The maximum atomic E-state index is 10.6. The second-order valence-corrected chi connectivity index (χ2v) is 7.31. The number of phenols is 2. The van der Waals surface area contributed by atoms with Gasteiger partial charge in [-0.15, -0.1) is 0 Å². The van der Waals surface area contributed by atoms with E-state index in [1.807, 2.05) is 18.2 Å². The minimum Gasteiger partial charge on any atom is -0.504 e. The van der Waals surface area contributed by atoms with Crippen molar-refractivity contribution < 1.29 is 24.2 Å². The molecule has 25 heavy (non-hydrogen) atoms. The highest BCUT2D eigenvalue weighted by Crippen LogP contribution is 2.48. The van der Waals surface area contributed by atoms with Crippen LogP contribution in [0, 0.1) is 0 Å². The van der Waals surface area contributed by atoms with Gasteiger partial charge >= 0.3 is 0 Å². The van der Waals surface area contributed by atoms with Crippen molar-refractivity contribution in [2.45, 2.75) is 25.4 Å². The topological polar surface area (TPSA) is 58.9 Å². The van der Waals surface area contributed by atoms with Gasteiger partial charge in [-0.2, -0.15) is 0 Å². The molecule has 2 heterocycles. The van der Waals surface area contributed by atoms with Gasteiger partial charge in [-0.05, 0) is 29.3 Å². The van der Waals surface area contributed by atoms with Crippen LogP contribution in [-0.2, 0) is 19.4 Å². The molecule has 0 amide bonds. The Kier molecular flexibility index (Phi) is 3.58. The van der Waals surface area contributed by atoms with E-state index < -0.39 is 0 Å². The average Bonchev–Trinajstić information content (AvgIpc) is 2.60. The van der Waals surface area contributed by atoms with Crippen LogP contribution >= 0.6 is 0 Å². The molecule has 5 heteroatoms. The van der Waals surface area contributed by atoms with E-state index in [1.54, 1.807) is 14.2 Å². The van der Waals surface area contributed by atoms with Crippen LogP contribution in [0.5, 0.6) is 23.0 Å². The first-order valence-corrected chi connectivity index (χ1v) is 8.58. The largest absolute Gasteiger partial charge is 0.504 e. The number of nitrogens with zero attached hydrogens (tertiary/aromatic N) is 1. The van der Waals surface area contributed by atoms with E-state index in [9.17, 15) is 10.2 Å². The summed E-state index contributed by atoms with van der Waals surface area (Å²) in [4.78, 5) is 0. The number of fused-ring (bicyclic) bond motifs is 4. The molecule has 0 spiro atoms. The zero-order valence-corrected chi connectivity index (χ0v) is 14.9. The molecule has 5 nitrogen and oxygen atoms in total. The summed E-state index contributed by atoms with van der Waals surface area (Å²) in [5.74, 6) is 1.52. The average molecular weight is 342 g/mol. The van der Waals surface area contributed by atoms with Crippen molar-refractivity contribution in [2.75, 3.05) is 27.8 Å². The molecule has 0 saturated heterocycles. The molecule has 0 saturated carbocycles. The number of methoxy groups -OCH3 is 2. The van der Waals surface area contributed by atoms with Crippen molar-refractivity contribution in [1.82, 2.24) is 0 Å². The first kappa shape index (κ1) is 16.1. The zero-order valence-electron chi connectivity index (χ0n) is 14.9. The van der Waals surface area contributed by atoms with Crippen LogP contribution in [-0.4, -0.2) is 42.5 Å². The maximum Gasteiger partial charge on any atom is 0.166 e. The molecule has 2 N–H and O–H groups in total. The number of phenolic OH excluding ortho intramolecular Hbond substituents is 2. The number of likely N-dealkylation sites (N-methyl/N-ethyl adjacent to an activating group) is 1. The standard InChI is InChI=1S/C20H23NO4/c1-21-7-6-13-9-19(25-3)17(22)10-14(13)16(21)8-12-4-5-18(24-2)20(23)15(12)11-21/h4-5,9-10,16H,6-8,11H2,1-3H3,(H-,22,23)/p+1/t16-,21?/m0/s1. The van der Waals surface area contributed by atoms with Gasteiger partial charge in [-0.3, -0.25) is 0 Å². The van der Waals surface area contributed by atoms with E-state index in [1.165, 1.54) is 11.1 Å². The van der Waals surface area contributed by atoms with Gasteiger partial charge in [0, 0.05) is 18.4 Å². The molecule has 2 aromatic carbocycles. The normalized spacial score (nSPS) is 24.0. The summed E-state index contributed by atoms with van der Waals surface area (Å²) in [6.45, 7) is 1.75. The van der Waals surface area contributed by atoms with E-state index in [-0.39, 0.29) is 17.5 Å². The van der Waals surface area contributed by atoms with Gasteiger partial charge in [0.2, 0.25) is 0 Å². The summed E-state index contributed by atoms with van der Waals surface area (Å²) < 4.78 is 11.4. The molecule has 0 fully saturated rings. The molecule has 1 unspecified atom stereocenters. The summed E-state index contributed by atoms with van der Waals surface area (Å²) in [7, 11) is 5.39. The molecular weight excluding hydrogens is 318 g/mol. The third-order valence-corrected chi connectivity index (χ3v) is 5.94. The Morgan fingerprint density at radius 3 is 2.52 bits per heavy atom. The Labute approximate surface area is 147 Å². The van der Waals surface area contributed by atoms with Gasteiger partial charge in [0.25, 0.3) is 0 Å². The van der Waals surface area contributed by atoms with Gasteiger partial charge in [0.05, 0.1) is 33.4 Å². The van der Waals surface area contributed by atoms with Crippen LogP contribution in [0.15, 0.2) is 24.3 Å². The highest BCUT2D eigenvalue weighted by molar-refractivity contribution is 5.52. The number of hydrogen-bond acceptors (Lipinski definition) is 4. The highest BCUT2D eigenvalue weighted by atomic mass is 16.5. The van der Waals surface area contributed by atoms with E-state index in [0.29, 0.717) is 11.5 Å². The predicted octanol–water partition coefficient (Wildman–Crippen LogP) is 2.92. The van der Waals surface area contributed by atoms with Gasteiger partial charge < -0.3 is 24.2 Å². The monoisotopic (exact) mass is 342 g/mol. The third-order valence-electron chi connectivity index (χ3n) is 5.94.